The van der Waals surface area contributed by atoms with Crippen LogP contribution in [0.25, 0.3) is 10.9 Å². The van der Waals surface area contributed by atoms with E-state index >= 15 is 0 Å². The van der Waals surface area contributed by atoms with Crippen LogP contribution in [0.15, 0.2) is 36.5 Å². The normalized spacial score (nSPS) is 20.6. The lowest BCUT2D eigenvalue weighted by atomic mass is 9.92. The number of pyridine rings is 1. The molecule has 0 radical (unpaired) electrons. The number of hydrogen-bond acceptors (Lipinski definition) is 2. The van der Waals surface area contributed by atoms with E-state index in [1.54, 1.807) is 0 Å². The zero-order valence-electron chi connectivity index (χ0n) is 10.0. The Morgan fingerprint density at radius 1 is 1.29 bits per heavy atom. The SMILES string of the molecule is c1cnc2ccc(C[C@H]3CCCNC3)cc2c1. The van der Waals surface area contributed by atoms with Gasteiger partial charge in [0.05, 0.1) is 5.52 Å². The van der Waals surface area contributed by atoms with E-state index in [9.17, 15) is 0 Å². The van der Waals surface area contributed by atoms with Crippen LogP contribution in [0.5, 0.6) is 0 Å². The van der Waals surface area contributed by atoms with Crippen LogP contribution >= 0.6 is 0 Å². The summed E-state index contributed by atoms with van der Waals surface area (Å²) in [5.74, 6) is 0.804. The molecule has 1 atom stereocenters. The number of aromatic nitrogens is 1. The molecule has 1 aliphatic heterocycles. The van der Waals surface area contributed by atoms with Crippen LogP contribution < -0.4 is 5.32 Å². The number of benzene rings is 1. The maximum Gasteiger partial charge on any atom is 0.0702 e. The summed E-state index contributed by atoms with van der Waals surface area (Å²) in [6, 6.07) is 10.8. The molecule has 0 bridgehead atoms. The van der Waals surface area contributed by atoms with Crippen LogP contribution in [0.1, 0.15) is 18.4 Å². The van der Waals surface area contributed by atoms with Gasteiger partial charge in [0.2, 0.25) is 0 Å². The standard InChI is InChI=1S/C15H18N2/c1-3-13(11-16-7-1)9-12-5-6-15-14(10-12)4-2-8-17-15/h2,4-6,8,10,13,16H,1,3,7,9,11H2/t13-/m1/s1. The van der Waals surface area contributed by atoms with Crippen molar-refractivity contribution in [3.05, 3.63) is 42.1 Å². The smallest absolute Gasteiger partial charge is 0.0702 e. The van der Waals surface area contributed by atoms with Crippen LogP contribution in [0.3, 0.4) is 0 Å². The molecule has 1 fully saturated rings. The molecule has 0 amide bonds. The molecule has 1 saturated heterocycles. The van der Waals surface area contributed by atoms with Gasteiger partial charge in [0.1, 0.15) is 0 Å². The summed E-state index contributed by atoms with van der Waals surface area (Å²) in [6.07, 6.45) is 5.72. The van der Waals surface area contributed by atoms with Crippen molar-refractivity contribution in [2.75, 3.05) is 13.1 Å². The van der Waals surface area contributed by atoms with Crippen molar-refractivity contribution < 1.29 is 0 Å². The number of hydrogen-bond donors (Lipinski definition) is 1. The third kappa shape index (κ3) is 2.47. The average Bonchev–Trinajstić information content (AvgIpc) is 2.40. The van der Waals surface area contributed by atoms with E-state index in [1.807, 2.05) is 12.3 Å². The summed E-state index contributed by atoms with van der Waals surface area (Å²) in [5, 5.41) is 4.74. The van der Waals surface area contributed by atoms with Gasteiger partial charge in [0.25, 0.3) is 0 Å². The number of nitrogens with one attached hydrogen (secondary N) is 1. The minimum atomic E-state index is 0.804. The van der Waals surface area contributed by atoms with Crippen LogP contribution in [0, 0.1) is 5.92 Å². The van der Waals surface area contributed by atoms with Gasteiger partial charge in [-0.1, -0.05) is 12.1 Å². The molecule has 1 aromatic heterocycles. The lowest BCUT2D eigenvalue weighted by molar-refractivity contribution is 0.376. The Labute approximate surface area is 102 Å². The van der Waals surface area contributed by atoms with Crippen LogP contribution in [-0.2, 0) is 6.42 Å². The summed E-state index contributed by atoms with van der Waals surface area (Å²) < 4.78 is 0. The van der Waals surface area contributed by atoms with Gasteiger partial charge >= 0.3 is 0 Å². The predicted octanol–water partition coefficient (Wildman–Crippen LogP) is 2.78. The monoisotopic (exact) mass is 226 g/mol. The van der Waals surface area contributed by atoms with Gasteiger partial charge < -0.3 is 5.32 Å². The Balaban J connectivity index is 1.80. The first-order valence-electron chi connectivity index (χ1n) is 6.46. The molecular weight excluding hydrogens is 208 g/mol. The second-order valence-corrected chi connectivity index (χ2v) is 4.95. The second-order valence-electron chi connectivity index (χ2n) is 4.95. The fraction of sp³-hybridized carbons (Fsp3) is 0.400. The Kier molecular flexibility index (Phi) is 3.06. The van der Waals surface area contributed by atoms with E-state index < -0.39 is 0 Å². The molecule has 88 valence electrons. The van der Waals surface area contributed by atoms with E-state index in [0.29, 0.717) is 0 Å². The highest BCUT2D eigenvalue weighted by Crippen LogP contribution is 2.19. The quantitative estimate of drug-likeness (QED) is 0.851. The van der Waals surface area contributed by atoms with Crippen LogP contribution in [0.4, 0.5) is 0 Å². The molecule has 3 rings (SSSR count). The number of nitrogens with zero attached hydrogens (tertiary/aromatic N) is 1. The minimum Gasteiger partial charge on any atom is -0.316 e. The van der Waals surface area contributed by atoms with Crippen molar-refractivity contribution in [1.82, 2.24) is 10.3 Å². The fourth-order valence-corrected chi connectivity index (χ4v) is 2.68. The van der Waals surface area contributed by atoms with Crippen molar-refractivity contribution in [3.8, 4) is 0 Å². The molecule has 1 aromatic carbocycles. The lowest BCUT2D eigenvalue weighted by Gasteiger charge is -2.22. The van der Waals surface area contributed by atoms with Crippen molar-refractivity contribution in [2.45, 2.75) is 19.3 Å². The predicted molar refractivity (Wildman–Crippen MR) is 71.0 cm³/mol. The average molecular weight is 226 g/mol. The van der Waals surface area contributed by atoms with E-state index in [1.165, 1.54) is 43.3 Å². The van der Waals surface area contributed by atoms with E-state index in [-0.39, 0.29) is 0 Å². The Hall–Kier alpha value is -1.41. The topological polar surface area (TPSA) is 24.9 Å². The first kappa shape index (κ1) is 10.7. The molecule has 2 heteroatoms. The molecule has 1 N–H and O–H groups in total. The van der Waals surface area contributed by atoms with Crippen molar-refractivity contribution >= 4 is 10.9 Å². The zero-order valence-corrected chi connectivity index (χ0v) is 10.0. The van der Waals surface area contributed by atoms with Gasteiger partial charge in [0, 0.05) is 11.6 Å². The van der Waals surface area contributed by atoms with Gasteiger partial charge in [-0.2, -0.15) is 0 Å². The number of fused-ring (bicyclic) bond motifs is 1. The van der Waals surface area contributed by atoms with Crippen molar-refractivity contribution in [3.63, 3.8) is 0 Å². The molecule has 0 saturated carbocycles. The molecule has 2 heterocycles. The maximum absolute atomic E-state index is 4.36. The summed E-state index contributed by atoms with van der Waals surface area (Å²) >= 11 is 0. The highest BCUT2D eigenvalue weighted by atomic mass is 14.9. The van der Waals surface area contributed by atoms with Gasteiger partial charge in [-0.05, 0) is 62.0 Å². The largest absolute Gasteiger partial charge is 0.316 e. The first-order valence-corrected chi connectivity index (χ1v) is 6.46. The Bertz CT molecular complexity index is 501. The molecule has 17 heavy (non-hydrogen) atoms. The minimum absolute atomic E-state index is 0.804. The van der Waals surface area contributed by atoms with Gasteiger partial charge in [-0.15, -0.1) is 0 Å². The maximum atomic E-state index is 4.36. The summed E-state index contributed by atoms with van der Waals surface area (Å²) in [4.78, 5) is 4.36. The fourth-order valence-electron chi connectivity index (χ4n) is 2.68. The van der Waals surface area contributed by atoms with Gasteiger partial charge in [-0.25, -0.2) is 0 Å². The summed E-state index contributed by atoms with van der Waals surface area (Å²) in [6.45, 7) is 2.36. The molecular formula is C15H18N2. The second kappa shape index (κ2) is 4.84. The highest BCUT2D eigenvalue weighted by Gasteiger charge is 2.13. The Morgan fingerprint density at radius 3 is 3.18 bits per heavy atom. The zero-order chi connectivity index (χ0) is 11.5. The van der Waals surface area contributed by atoms with Gasteiger partial charge in [0.15, 0.2) is 0 Å². The van der Waals surface area contributed by atoms with Crippen LogP contribution in [0.2, 0.25) is 0 Å². The van der Waals surface area contributed by atoms with Gasteiger partial charge in [-0.3, -0.25) is 4.98 Å². The summed E-state index contributed by atoms with van der Waals surface area (Å²) in [7, 11) is 0. The molecule has 2 aromatic rings. The first-order chi connectivity index (χ1) is 8.42. The van der Waals surface area contributed by atoms with E-state index in [2.05, 4.69) is 34.6 Å². The third-order valence-electron chi connectivity index (χ3n) is 3.59. The number of rotatable bonds is 2. The lowest BCUT2D eigenvalue weighted by Crippen LogP contribution is -2.30. The van der Waals surface area contributed by atoms with E-state index in [0.717, 1.165) is 11.4 Å². The van der Waals surface area contributed by atoms with E-state index in [4.69, 9.17) is 0 Å². The Morgan fingerprint density at radius 2 is 2.29 bits per heavy atom. The molecule has 0 aliphatic carbocycles. The van der Waals surface area contributed by atoms with Crippen molar-refractivity contribution in [2.24, 2.45) is 5.92 Å². The highest BCUT2D eigenvalue weighted by molar-refractivity contribution is 5.78. The molecule has 1 aliphatic rings. The summed E-state index contributed by atoms with van der Waals surface area (Å²) in [5.41, 5.74) is 2.54. The molecule has 0 unspecified atom stereocenters. The number of piperidine rings is 1. The molecule has 2 nitrogen and oxygen atoms in total. The van der Waals surface area contributed by atoms with Crippen LogP contribution in [-0.4, -0.2) is 18.1 Å². The third-order valence-corrected chi connectivity index (χ3v) is 3.59. The molecule has 0 spiro atoms. The van der Waals surface area contributed by atoms with Crippen molar-refractivity contribution in [1.29, 1.82) is 0 Å².